The van der Waals surface area contributed by atoms with Crippen molar-refractivity contribution in [2.45, 2.75) is 60.3 Å². The average molecular weight is 402 g/mol. The van der Waals surface area contributed by atoms with Crippen LogP contribution in [0.4, 0.5) is 0 Å². The third-order valence-corrected chi connectivity index (χ3v) is 7.52. The first-order valence-corrected chi connectivity index (χ1v) is 11.0. The normalized spacial score (nSPS) is 27.9. The Balaban J connectivity index is 2.54. The molecule has 0 aromatic carbocycles. The predicted molar refractivity (Wildman–Crippen MR) is 99.8 cm³/mol. The largest absolute Gasteiger partial charge is 0.529 e. The highest BCUT2D eigenvalue weighted by Crippen LogP contribution is 2.61. The molecule has 27 heavy (non-hydrogen) atoms. The van der Waals surface area contributed by atoms with E-state index >= 15 is 0 Å². The Morgan fingerprint density at radius 2 is 1.74 bits per heavy atom. The molecule has 2 aliphatic carbocycles. The molecule has 0 N–H and O–H groups in total. The van der Waals surface area contributed by atoms with E-state index in [1.54, 1.807) is 13.8 Å². The van der Waals surface area contributed by atoms with E-state index in [0.717, 1.165) is 0 Å². The lowest BCUT2D eigenvalue weighted by Crippen LogP contribution is -2.51. The fraction of sp³-hybridized carbons (Fsp3) is 0.789. The number of Topliss-reactive ketones (excluding diaryl/α,β-unsaturated/α-hetero) is 1. The SMILES string of the molecule is CCOP(=O)(OCC)OC1=C(C(=O)OC)[C@@]2(C)CCC(=O)C(C)(C)[C@@H]2CC1. The minimum absolute atomic E-state index is 0.0359. The van der Waals surface area contributed by atoms with E-state index in [9.17, 15) is 14.2 Å². The van der Waals surface area contributed by atoms with Gasteiger partial charge >= 0.3 is 13.8 Å². The molecule has 0 aliphatic heterocycles. The number of esters is 1. The van der Waals surface area contributed by atoms with Crippen molar-refractivity contribution in [3.05, 3.63) is 11.3 Å². The summed E-state index contributed by atoms with van der Waals surface area (Å²) in [6.07, 6.45) is 1.90. The molecule has 0 spiro atoms. The highest BCUT2D eigenvalue weighted by molar-refractivity contribution is 7.48. The number of carbonyl (C=O) groups is 2. The van der Waals surface area contributed by atoms with Gasteiger partial charge in [0.15, 0.2) is 0 Å². The van der Waals surface area contributed by atoms with Crippen LogP contribution in [-0.4, -0.2) is 32.1 Å². The number of allylic oxidation sites excluding steroid dienone is 1. The Morgan fingerprint density at radius 1 is 1.15 bits per heavy atom. The topological polar surface area (TPSA) is 88.1 Å². The molecule has 154 valence electrons. The van der Waals surface area contributed by atoms with Gasteiger partial charge < -0.3 is 9.26 Å². The minimum Gasteiger partial charge on any atom is -0.466 e. The van der Waals surface area contributed by atoms with E-state index in [2.05, 4.69) is 0 Å². The van der Waals surface area contributed by atoms with Crippen molar-refractivity contribution in [3.63, 3.8) is 0 Å². The summed E-state index contributed by atoms with van der Waals surface area (Å²) in [7, 11) is -2.52. The van der Waals surface area contributed by atoms with Crippen molar-refractivity contribution < 1.29 is 32.5 Å². The number of methoxy groups -OCH3 is 1. The molecular formula is C19H31O7P. The summed E-state index contributed by atoms with van der Waals surface area (Å²) in [6, 6.07) is 0. The van der Waals surface area contributed by atoms with Crippen molar-refractivity contribution in [2.75, 3.05) is 20.3 Å². The first-order chi connectivity index (χ1) is 12.6. The summed E-state index contributed by atoms with van der Waals surface area (Å²) in [5, 5.41) is 0. The summed E-state index contributed by atoms with van der Waals surface area (Å²) in [5.41, 5.74) is -0.815. The van der Waals surface area contributed by atoms with Gasteiger partial charge in [-0.25, -0.2) is 9.36 Å². The summed E-state index contributed by atoms with van der Waals surface area (Å²) in [4.78, 5) is 25.2. The smallest absolute Gasteiger partial charge is 0.466 e. The van der Waals surface area contributed by atoms with Crippen molar-refractivity contribution in [1.82, 2.24) is 0 Å². The van der Waals surface area contributed by atoms with Crippen LogP contribution >= 0.6 is 7.82 Å². The number of carbonyl (C=O) groups excluding carboxylic acids is 2. The Bertz CT molecular complexity index is 672. The molecule has 0 saturated heterocycles. The predicted octanol–water partition coefficient (Wildman–Crippen LogP) is 4.42. The van der Waals surface area contributed by atoms with Crippen LogP contribution in [0.25, 0.3) is 0 Å². The zero-order chi connectivity index (χ0) is 20.5. The van der Waals surface area contributed by atoms with Crippen molar-refractivity contribution >= 4 is 19.6 Å². The number of ether oxygens (including phenoxy) is 1. The molecule has 0 heterocycles. The number of ketones is 1. The zero-order valence-corrected chi connectivity index (χ0v) is 18.0. The molecule has 0 amide bonds. The Kier molecular flexibility index (Phi) is 6.60. The molecule has 0 unspecified atom stereocenters. The number of phosphoric acid groups is 1. The quantitative estimate of drug-likeness (QED) is 0.460. The zero-order valence-electron chi connectivity index (χ0n) is 17.1. The van der Waals surface area contributed by atoms with Crippen molar-refractivity contribution in [3.8, 4) is 0 Å². The van der Waals surface area contributed by atoms with Gasteiger partial charge in [-0.15, -0.1) is 0 Å². The fourth-order valence-electron chi connectivity index (χ4n) is 4.64. The maximum absolute atomic E-state index is 12.9. The second kappa shape index (κ2) is 8.06. The van der Waals surface area contributed by atoms with Gasteiger partial charge in [-0.1, -0.05) is 20.8 Å². The molecule has 0 aromatic rings. The van der Waals surface area contributed by atoms with E-state index in [0.29, 0.717) is 31.3 Å². The number of fused-ring (bicyclic) bond motifs is 1. The Labute approximate surface area is 161 Å². The third-order valence-electron chi connectivity index (χ3n) is 5.93. The molecule has 1 saturated carbocycles. The Morgan fingerprint density at radius 3 is 2.26 bits per heavy atom. The minimum atomic E-state index is -3.83. The van der Waals surface area contributed by atoms with Crippen LogP contribution in [0, 0.1) is 16.7 Å². The molecule has 2 atom stereocenters. The molecule has 7 nitrogen and oxygen atoms in total. The van der Waals surface area contributed by atoms with E-state index in [4.69, 9.17) is 18.3 Å². The van der Waals surface area contributed by atoms with Gasteiger partial charge in [0.2, 0.25) is 0 Å². The average Bonchev–Trinajstić information content (AvgIpc) is 2.58. The van der Waals surface area contributed by atoms with Crippen LogP contribution in [0.5, 0.6) is 0 Å². The summed E-state index contributed by atoms with van der Waals surface area (Å²) >= 11 is 0. The molecule has 0 aromatic heterocycles. The van der Waals surface area contributed by atoms with Crippen molar-refractivity contribution in [2.24, 2.45) is 16.7 Å². The first-order valence-electron chi connectivity index (χ1n) is 9.49. The second-order valence-corrected chi connectivity index (χ2v) is 9.41. The first kappa shape index (κ1) is 22.1. The van der Waals surface area contributed by atoms with E-state index in [1.165, 1.54) is 7.11 Å². The van der Waals surface area contributed by atoms with Crippen LogP contribution < -0.4 is 0 Å². The molecule has 1 fully saturated rings. The van der Waals surface area contributed by atoms with E-state index < -0.39 is 24.6 Å². The highest BCUT2D eigenvalue weighted by Gasteiger charge is 2.57. The number of rotatable bonds is 7. The summed E-state index contributed by atoms with van der Waals surface area (Å²) in [6.45, 7) is 9.52. The fourth-order valence-corrected chi connectivity index (χ4v) is 5.90. The maximum Gasteiger partial charge on any atom is 0.529 e. The van der Waals surface area contributed by atoms with Crippen LogP contribution in [0.2, 0.25) is 0 Å². The van der Waals surface area contributed by atoms with E-state index in [-0.39, 0.29) is 30.7 Å². The molecule has 0 radical (unpaired) electrons. The number of phosphoric ester groups is 1. The molecule has 8 heteroatoms. The van der Waals surface area contributed by atoms with Gasteiger partial charge in [-0.2, -0.15) is 0 Å². The lowest BCUT2D eigenvalue weighted by Gasteiger charge is -2.52. The lowest BCUT2D eigenvalue weighted by atomic mass is 9.50. The lowest BCUT2D eigenvalue weighted by molar-refractivity contribution is -0.146. The number of hydrogen-bond acceptors (Lipinski definition) is 7. The third kappa shape index (κ3) is 4.01. The van der Waals surface area contributed by atoms with Crippen LogP contribution in [0.3, 0.4) is 0 Å². The van der Waals surface area contributed by atoms with Gasteiger partial charge in [-0.3, -0.25) is 13.8 Å². The van der Waals surface area contributed by atoms with Crippen molar-refractivity contribution in [1.29, 1.82) is 0 Å². The second-order valence-electron chi connectivity index (χ2n) is 7.82. The van der Waals surface area contributed by atoms with Crippen LogP contribution in [0.15, 0.2) is 11.3 Å². The van der Waals surface area contributed by atoms with E-state index in [1.807, 2.05) is 20.8 Å². The summed E-state index contributed by atoms with van der Waals surface area (Å²) in [5.74, 6) is -0.0722. The summed E-state index contributed by atoms with van der Waals surface area (Å²) < 4.78 is 34.1. The van der Waals surface area contributed by atoms with Gasteiger partial charge in [0.1, 0.15) is 11.5 Å². The van der Waals surface area contributed by atoms with Gasteiger partial charge in [0, 0.05) is 23.7 Å². The molecular weight excluding hydrogens is 371 g/mol. The highest BCUT2D eigenvalue weighted by atomic mass is 31.2. The molecule has 2 rings (SSSR count). The van der Waals surface area contributed by atoms with Gasteiger partial charge in [-0.05, 0) is 32.6 Å². The number of hydrogen-bond donors (Lipinski definition) is 0. The van der Waals surface area contributed by atoms with Gasteiger partial charge in [0.25, 0.3) is 0 Å². The maximum atomic E-state index is 12.9. The standard InChI is InChI=1S/C19H31O7P/c1-7-24-27(22,25-8-2)26-13-9-10-14-18(3,4)15(20)11-12-19(14,5)16(13)17(21)23-6/h14H,7-12H2,1-6H3/t14-,19-/m0/s1. The molecule has 2 aliphatic rings. The van der Waals surface area contributed by atoms with Crippen LogP contribution in [-0.2, 0) is 32.5 Å². The van der Waals surface area contributed by atoms with Gasteiger partial charge in [0.05, 0.1) is 25.9 Å². The van der Waals surface area contributed by atoms with Crippen LogP contribution in [0.1, 0.15) is 60.3 Å². The Hall–Kier alpha value is -1.17. The monoisotopic (exact) mass is 402 g/mol. The molecule has 0 bridgehead atoms.